The molecular weight excluding hydrogens is 406 g/mol. The van der Waals surface area contributed by atoms with Gasteiger partial charge in [0.25, 0.3) is 5.91 Å². The zero-order chi connectivity index (χ0) is 21.3. The number of fused-ring (bicyclic) bond motifs is 2. The Bertz CT molecular complexity index is 1140. The van der Waals surface area contributed by atoms with Crippen LogP contribution in [0.4, 0.5) is 0 Å². The molecule has 30 heavy (non-hydrogen) atoms. The first-order valence-corrected chi connectivity index (χ1v) is 10.2. The van der Waals surface area contributed by atoms with Gasteiger partial charge in [0.05, 0.1) is 30.2 Å². The lowest BCUT2D eigenvalue weighted by molar-refractivity contribution is 0.0663. The van der Waals surface area contributed by atoms with Gasteiger partial charge in [-0.1, -0.05) is 30.7 Å². The second-order valence-corrected chi connectivity index (χ2v) is 7.56. The first-order valence-electron chi connectivity index (χ1n) is 9.84. The van der Waals surface area contributed by atoms with Crippen molar-refractivity contribution in [3.8, 4) is 5.75 Å². The normalized spacial score (nSPS) is 15.6. The third-order valence-corrected chi connectivity index (χ3v) is 5.37. The van der Waals surface area contributed by atoms with E-state index in [-0.39, 0.29) is 17.1 Å². The molecule has 6 nitrogen and oxygen atoms in total. The van der Waals surface area contributed by atoms with Crippen LogP contribution in [-0.4, -0.2) is 37.7 Å². The molecular formula is C23H22ClNO5. The number of amides is 1. The number of halogens is 1. The Labute approximate surface area is 179 Å². The molecule has 1 atom stereocenters. The van der Waals surface area contributed by atoms with E-state index in [0.717, 1.165) is 17.7 Å². The van der Waals surface area contributed by atoms with Crippen molar-refractivity contribution >= 4 is 28.5 Å². The Morgan fingerprint density at radius 3 is 2.57 bits per heavy atom. The number of carbonyl (C=O) groups excluding carboxylic acids is 1. The molecule has 0 fully saturated rings. The number of nitrogens with zero attached hydrogens (tertiary/aromatic N) is 1. The average Bonchev–Trinajstić information content (AvgIpc) is 3.03. The standard InChI is InChI=1S/C23H22ClNO5/c1-3-11-29-16-7-4-14(5-8-16)20-19-21(26)17-13-15(24)6-9-18(17)30-22(19)23(27)25(20)10-12-28-2/h4-9,13,20H,3,10-12H2,1-2H3/t20-/m1/s1. The molecule has 2 aromatic carbocycles. The summed E-state index contributed by atoms with van der Waals surface area (Å²) in [6, 6.07) is 11.7. The van der Waals surface area contributed by atoms with Crippen LogP contribution in [0.1, 0.15) is 41.1 Å². The summed E-state index contributed by atoms with van der Waals surface area (Å²) in [4.78, 5) is 28.1. The van der Waals surface area contributed by atoms with Crippen LogP contribution in [0, 0.1) is 0 Å². The van der Waals surface area contributed by atoms with Crippen LogP contribution >= 0.6 is 11.6 Å². The molecule has 3 aromatic rings. The summed E-state index contributed by atoms with van der Waals surface area (Å²) in [5.74, 6) is 0.487. The molecule has 0 saturated heterocycles. The Balaban J connectivity index is 1.85. The minimum Gasteiger partial charge on any atom is -0.494 e. The summed E-state index contributed by atoms with van der Waals surface area (Å²) in [7, 11) is 1.57. The van der Waals surface area contributed by atoms with Crippen LogP contribution in [0.3, 0.4) is 0 Å². The Morgan fingerprint density at radius 2 is 1.87 bits per heavy atom. The lowest BCUT2D eigenvalue weighted by Crippen LogP contribution is -2.32. The number of hydrogen-bond acceptors (Lipinski definition) is 5. The average molecular weight is 428 g/mol. The highest BCUT2D eigenvalue weighted by Gasteiger charge is 2.42. The second kappa shape index (κ2) is 8.50. The van der Waals surface area contributed by atoms with Crippen molar-refractivity contribution in [1.29, 1.82) is 0 Å². The fraction of sp³-hybridized carbons (Fsp3) is 0.304. The van der Waals surface area contributed by atoms with E-state index in [1.54, 1.807) is 30.2 Å². The van der Waals surface area contributed by atoms with Gasteiger partial charge in [0.15, 0.2) is 5.43 Å². The van der Waals surface area contributed by atoms with Gasteiger partial charge in [0.2, 0.25) is 5.76 Å². The van der Waals surface area contributed by atoms with Gasteiger partial charge in [-0.05, 0) is 42.3 Å². The summed E-state index contributed by atoms with van der Waals surface area (Å²) >= 11 is 6.09. The molecule has 1 amide bonds. The highest BCUT2D eigenvalue weighted by Crippen LogP contribution is 2.38. The SMILES string of the molecule is CCCOc1ccc([C@@H]2c3c(oc4ccc(Cl)cc4c3=O)C(=O)N2CCOC)cc1. The number of methoxy groups -OCH3 is 1. The van der Waals surface area contributed by atoms with Gasteiger partial charge in [0.1, 0.15) is 11.3 Å². The van der Waals surface area contributed by atoms with Gasteiger partial charge in [0, 0.05) is 18.7 Å². The van der Waals surface area contributed by atoms with E-state index in [0.29, 0.717) is 41.3 Å². The zero-order valence-corrected chi connectivity index (χ0v) is 17.6. The third kappa shape index (κ3) is 3.57. The molecule has 2 heterocycles. The molecule has 1 aliphatic rings. The first kappa shape index (κ1) is 20.4. The molecule has 0 radical (unpaired) electrons. The van der Waals surface area contributed by atoms with Gasteiger partial charge in [-0.2, -0.15) is 0 Å². The maximum atomic E-state index is 13.4. The number of rotatable bonds is 7. The largest absolute Gasteiger partial charge is 0.494 e. The minimum atomic E-state index is -0.567. The van der Waals surface area contributed by atoms with E-state index >= 15 is 0 Å². The van der Waals surface area contributed by atoms with E-state index in [1.807, 2.05) is 31.2 Å². The van der Waals surface area contributed by atoms with Gasteiger partial charge >= 0.3 is 0 Å². The molecule has 0 N–H and O–H groups in total. The lowest BCUT2D eigenvalue weighted by Gasteiger charge is -2.25. The highest BCUT2D eigenvalue weighted by molar-refractivity contribution is 6.31. The number of hydrogen-bond donors (Lipinski definition) is 0. The molecule has 0 aliphatic carbocycles. The van der Waals surface area contributed by atoms with Crippen molar-refractivity contribution in [2.75, 3.05) is 26.9 Å². The third-order valence-electron chi connectivity index (χ3n) is 5.13. The summed E-state index contributed by atoms with van der Waals surface area (Å²) < 4.78 is 16.7. The summed E-state index contributed by atoms with van der Waals surface area (Å²) in [6.45, 7) is 3.33. The van der Waals surface area contributed by atoms with E-state index in [4.69, 9.17) is 25.5 Å². The van der Waals surface area contributed by atoms with E-state index in [1.165, 1.54) is 0 Å². The number of carbonyl (C=O) groups is 1. The Morgan fingerprint density at radius 1 is 1.10 bits per heavy atom. The Hall–Kier alpha value is -2.83. The topological polar surface area (TPSA) is 69.0 Å². The molecule has 0 spiro atoms. The maximum absolute atomic E-state index is 13.4. The van der Waals surface area contributed by atoms with Crippen molar-refractivity contribution in [3.63, 3.8) is 0 Å². The van der Waals surface area contributed by atoms with E-state index in [2.05, 4.69) is 0 Å². The first-order chi connectivity index (χ1) is 14.5. The quantitative estimate of drug-likeness (QED) is 0.558. The van der Waals surface area contributed by atoms with Gasteiger partial charge in [-0.15, -0.1) is 0 Å². The fourth-order valence-electron chi connectivity index (χ4n) is 3.73. The smallest absolute Gasteiger partial charge is 0.290 e. The van der Waals surface area contributed by atoms with Crippen molar-refractivity contribution in [2.24, 2.45) is 0 Å². The van der Waals surface area contributed by atoms with Crippen LogP contribution in [0.2, 0.25) is 5.02 Å². The second-order valence-electron chi connectivity index (χ2n) is 7.13. The monoisotopic (exact) mass is 427 g/mol. The lowest BCUT2D eigenvalue weighted by atomic mass is 9.98. The molecule has 4 rings (SSSR count). The highest BCUT2D eigenvalue weighted by atomic mass is 35.5. The molecule has 0 unspecified atom stereocenters. The molecule has 1 aliphatic heterocycles. The molecule has 156 valence electrons. The number of benzene rings is 2. The van der Waals surface area contributed by atoms with Crippen molar-refractivity contribution < 1.29 is 18.7 Å². The Kier molecular flexibility index (Phi) is 5.79. The van der Waals surface area contributed by atoms with Crippen molar-refractivity contribution in [1.82, 2.24) is 4.90 Å². The summed E-state index contributed by atoms with van der Waals surface area (Å²) in [5.41, 5.74) is 1.22. The molecule has 0 bridgehead atoms. The van der Waals surface area contributed by atoms with Crippen LogP contribution in [0.15, 0.2) is 51.7 Å². The molecule has 0 saturated carbocycles. The van der Waals surface area contributed by atoms with Crippen molar-refractivity contribution in [2.45, 2.75) is 19.4 Å². The number of ether oxygens (including phenoxy) is 2. The van der Waals surface area contributed by atoms with E-state index in [9.17, 15) is 9.59 Å². The van der Waals surface area contributed by atoms with Crippen molar-refractivity contribution in [3.05, 3.63) is 74.6 Å². The van der Waals surface area contributed by atoms with Gasteiger partial charge < -0.3 is 18.8 Å². The minimum absolute atomic E-state index is 0.0715. The zero-order valence-electron chi connectivity index (χ0n) is 16.8. The van der Waals surface area contributed by atoms with Crippen LogP contribution in [-0.2, 0) is 4.74 Å². The molecule has 1 aromatic heterocycles. The maximum Gasteiger partial charge on any atom is 0.290 e. The summed E-state index contributed by atoms with van der Waals surface area (Å²) in [6.07, 6.45) is 0.910. The van der Waals surface area contributed by atoms with Crippen LogP contribution < -0.4 is 10.2 Å². The fourth-order valence-corrected chi connectivity index (χ4v) is 3.90. The molecule has 7 heteroatoms. The summed E-state index contributed by atoms with van der Waals surface area (Å²) in [5, 5.41) is 0.792. The van der Waals surface area contributed by atoms with Crippen LogP contribution in [0.25, 0.3) is 11.0 Å². The predicted octanol–water partition coefficient (Wildman–Crippen LogP) is 4.43. The van der Waals surface area contributed by atoms with Crippen LogP contribution in [0.5, 0.6) is 5.75 Å². The van der Waals surface area contributed by atoms with Gasteiger partial charge in [-0.3, -0.25) is 9.59 Å². The van der Waals surface area contributed by atoms with Gasteiger partial charge in [-0.25, -0.2) is 0 Å². The van der Waals surface area contributed by atoms with E-state index < -0.39 is 6.04 Å². The predicted molar refractivity (Wildman–Crippen MR) is 114 cm³/mol.